The van der Waals surface area contributed by atoms with Gasteiger partial charge in [-0.1, -0.05) is 23.8 Å². The van der Waals surface area contributed by atoms with Gasteiger partial charge in [0.2, 0.25) is 0 Å². The molecule has 0 saturated heterocycles. The molecule has 0 amide bonds. The molecule has 0 heterocycles. The van der Waals surface area contributed by atoms with Crippen molar-refractivity contribution < 1.29 is 18.0 Å². The van der Waals surface area contributed by atoms with Crippen LogP contribution in [0, 0.1) is 5.92 Å². The van der Waals surface area contributed by atoms with E-state index in [1.807, 2.05) is 0 Å². The number of rotatable bonds is 1. The highest BCUT2D eigenvalue weighted by Gasteiger charge is 2.37. The zero-order valence-electron chi connectivity index (χ0n) is 9.43. The highest BCUT2D eigenvalue weighted by Crippen LogP contribution is 2.41. The number of allylic oxidation sites excluding steroid dienone is 8. The van der Waals surface area contributed by atoms with Crippen molar-refractivity contribution in [2.75, 3.05) is 0 Å². The van der Waals surface area contributed by atoms with E-state index in [4.69, 9.17) is 0 Å². The summed E-state index contributed by atoms with van der Waals surface area (Å²) in [5, 5.41) is 0. The second kappa shape index (κ2) is 3.72. The van der Waals surface area contributed by atoms with Crippen LogP contribution in [-0.4, -0.2) is 12.0 Å². The molecule has 1 nitrogen and oxygen atoms in total. The van der Waals surface area contributed by atoms with E-state index in [2.05, 4.69) is 0 Å². The molecule has 90 valence electrons. The normalized spacial score (nSPS) is 23.5. The Morgan fingerprint density at radius 2 is 1.94 bits per heavy atom. The van der Waals surface area contributed by atoms with Gasteiger partial charge >= 0.3 is 6.18 Å². The Morgan fingerprint density at radius 1 is 1.29 bits per heavy atom. The Balaban J connectivity index is 2.44. The highest BCUT2D eigenvalue weighted by molar-refractivity contribution is 5.97. The molecule has 0 saturated carbocycles. The molecule has 17 heavy (non-hydrogen) atoms. The van der Waals surface area contributed by atoms with Crippen molar-refractivity contribution in [3.05, 3.63) is 46.6 Å². The van der Waals surface area contributed by atoms with E-state index in [1.165, 1.54) is 13.0 Å². The van der Waals surface area contributed by atoms with Crippen LogP contribution in [0.3, 0.4) is 0 Å². The lowest BCUT2D eigenvalue weighted by Crippen LogP contribution is -2.10. The third-order valence-corrected chi connectivity index (χ3v) is 3.07. The minimum atomic E-state index is -4.32. The average Bonchev–Trinajstić information content (AvgIpc) is 2.61. The van der Waals surface area contributed by atoms with Crippen molar-refractivity contribution >= 4 is 5.78 Å². The summed E-state index contributed by atoms with van der Waals surface area (Å²) >= 11 is 0. The summed E-state index contributed by atoms with van der Waals surface area (Å²) in [6.45, 7) is 3.12. The maximum absolute atomic E-state index is 12.6. The van der Waals surface area contributed by atoms with E-state index < -0.39 is 17.7 Å². The van der Waals surface area contributed by atoms with Gasteiger partial charge in [0.25, 0.3) is 0 Å². The number of halogens is 3. The Morgan fingerprint density at radius 3 is 2.47 bits per heavy atom. The topological polar surface area (TPSA) is 17.1 Å². The molecule has 0 fully saturated rings. The maximum Gasteiger partial charge on any atom is 0.416 e. The Bertz CT molecular complexity index is 501. The molecule has 0 aromatic rings. The van der Waals surface area contributed by atoms with Crippen LogP contribution in [0.1, 0.15) is 13.8 Å². The molecule has 4 heteroatoms. The third-order valence-electron chi connectivity index (χ3n) is 3.07. The molecule has 0 aromatic heterocycles. The van der Waals surface area contributed by atoms with Crippen LogP contribution in [0.5, 0.6) is 0 Å². The van der Waals surface area contributed by atoms with E-state index in [9.17, 15) is 18.0 Å². The minimum Gasteiger partial charge on any atom is -0.295 e. The molecule has 2 aliphatic rings. The summed E-state index contributed by atoms with van der Waals surface area (Å²) < 4.78 is 37.7. The fourth-order valence-electron chi connectivity index (χ4n) is 2.17. The van der Waals surface area contributed by atoms with Gasteiger partial charge in [-0.15, -0.1) is 0 Å². The lowest BCUT2D eigenvalue weighted by atomic mass is 9.85. The largest absolute Gasteiger partial charge is 0.416 e. The molecule has 0 spiro atoms. The first-order chi connectivity index (χ1) is 7.80. The zero-order chi connectivity index (χ0) is 12.8. The molecule has 0 radical (unpaired) electrons. The van der Waals surface area contributed by atoms with E-state index in [0.29, 0.717) is 16.7 Å². The Hall–Kier alpha value is -1.58. The second-order valence-corrected chi connectivity index (χ2v) is 4.23. The summed E-state index contributed by atoms with van der Waals surface area (Å²) in [5.74, 6) is -0.526. The molecule has 0 aromatic carbocycles. The maximum atomic E-state index is 12.6. The van der Waals surface area contributed by atoms with Crippen molar-refractivity contribution in [2.24, 2.45) is 5.92 Å². The number of hydrogen-bond acceptors (Lipinski definition) is 1. The van der Waals surface area contributed by atoms with Crippen molar-refractivity contribution in [1.29, 1.82) is 0 Å². The number of fused-ring (bicyclic) bond motifs is 1. The summed E-state index contributed by atoms with van der Waals surface area (Å²) in [7, 11) is 0. The monoisotopic (exact) mass is 240 g/mol. The van der Waals surface area contributed by atoms with Gasteiger partial charge in [0.05, 0.1) is 5.57 Å². The number of carbonyl (C=O) groups excluding carboxylic acids is 1. The van der Waals surface area contributed by atoms with Crippen molar-refractivity contribution in [3.63, 3.8) is 0 Å². The molecular weight excluding hydrogens is 229 g/mol. The molecule has 0 aliphatic heterocycles. The fraction of sp³-hybridized carbons (Fsp3) is 0.308. The van der Waals surface area contributed by atoms with Crippen LogP contribution in [-0.2, 0) is 4.79 Å². The molecule has 1 atom stereocenters. The SMILES string of the molecule is CC(=O)C1=C(C)[C@@H]2C=C(C(F)(F)F)C=C2C=C1. The predicted octanol–water partition coefficient (Wildman–Crippen LogP) is 3.51. The summed E-state index contributed by atoms with van der Waals surface area (Å²) in [6, 6.07) is 0. The predicted molar refractivity (Wildman–Crippen MR) is 58.2 cm³/mol. The summed E-state index contributed by atoms with van der Waals surface area (Å²) in [4.78, 5) is 11.3. The van der Waals surface area contributed by atoms with Crippen molar-refractivity contribution in [1.82, 2.24) is 0 Å². The molecule has 2 rings (SSSR count). The smallest absolute Gasteiger partial charge is 0.295 e. The van der Waals surface area contributed by atoms with Gasteiger partial charge < -0.3 is 0 Å². The average molecular weight is 240 g/mol. The summed E-state index contributed by atoms with van der Waals surface area (Å²) in [5.41, 5.74) is 1.16. The van der Waals surface area contributed by atoms with Gasteiger partial charge in [-0.2, -0.15) is 13.2 Å². The minimum absolute atomic E-state index is 0.119. The first-order valence-electron chi connectivity index (χ1n) is 5.21. The zero-order valence-corrected chi connectivity index (χ0v) is 9.43. The van der Waals surface area contributed by atoms with Crippen molar-refractivity contribution in [3.8, 4) is 0 Å². The fourth-order valence-corrected chi connectivity index (χ4v) is 2.17. The lowest BCUT2D eigenvalue weighted by molar-refractivity contribution is -0.113. The third kappa shape index (κ3) is 1.99. The number of carbonyl (C=O) groups is 1. The van der Waals surface area contributed by atoms with Gasteiger partial charge in [-0.05, 0) is 25.5 Å². The van der Waals surface area contributed by atoms with Gasteiger partial charge in [0.15, 0.2) is 5.78 Å². The molecule has 0 N–H and O–H groups in total. The Kier molecular flexibility index (Phi) is 2.60. The highest BCUT2D eigenvalue weighted by atomic mass is 19.4. The van der Waals surface area contributed by atoms with Gasteiger partial charge in [0.1, 0.15) is 0 Å². The number of ketones is 1. The van der Waals surface area contributed by atoms with E-state index in [-0.39, 0.29) is 5.78 Å². The number of Topliss-reactive ketones (excluding diaryl/α,β-unsaturated/α-hetero) is 1. The van der Waals surface area contributed by atoms with Crippen molar-refractivity contribution in [2.45, 2.75) is 20.0 Å². The molecule has 0 bridgehead atoms. The summed E-state index contributed by atoms with van der Waals surface area (Å²) in [6.07, 6.45) is 1.17. The van der Waals surface area contributed by atoms with E-state index in [1.54, 1.807) is 19.1 Å². The molecular formula is C13H11F3O. The lowest BCUT2D eigenvalue weighted by Gasteiger charge is -2.18. The van der Waals surface area contributed by atoms with Gasteiger partial charge in [-0.25, -0.2) is 0 Å². The number of alkyl halides is 3. The van der Waals surface area contributed by atoms with Crippen LogP contribution >= 0.6 is 0 Å². The quantitative estimate of drug-likeness (QED) is 0.685. The van der Waals surface area contributed by atoms with Crippen LogP contribution in [0.2, 0.25) is 0 Å². The molecule has 2 aliphatic carbocycles. The first kappa shape index (κ1) is 11.9. The Labute approximate surface area is 97.0 Å². The van der Waals surface area contributed by atoms with Crippen LogP contribution < -0.4 is 0 Å². The van der Waals surface area contributed by atoms with Crippen LogP contribution in [0.25, 0.3) is 0 Å². The van der Waals surface area contributed by atoms with Gasteiger partial charge in [-0.3, -0.25) is 4.79 Å². The van der Waals surface area contributed by atoms with E-state index >= 15 is 0 Å². The molecule has 0 unspecified atom stereocenters. The number of hydrogen-bond donors (Lipinski definition) is 0. The van der Waals surface area contributed by atoms with E-state index in [0.717, 1.165) is 6.08 Å². The van der Waals surface area contributed by atoms with Crippen LogP contribution in [0.4, 0.5) is 13.2 Å². The van der Waals surface area contributed by atoms with Crippen LogP contribution in [0.15, 0.2) is 46.6 Å². The standard InChI is InChI=1S/C13H11F3O/c1-7-11(8(2)17)4-3-9-5-10(6-12(7)9)13(14,15)16/h3-6,12H,1-2H3/t12-/m0/s1. The van der Waals surface area contributed by atoms with Gasteiger partial charge in [0, 0.05) is 11.5 Å². The first-order valence-corrected chi connectivity index (χ1v) is 5.21. The second-order valence-electron chi connectivity index (χ2n) is 4.23.